The number of hydrogen-bond donors (Lipinski definition) is 1. The first-order valence-corrected chi connectivity index (χ1v) is 7.38. The third-order valence-corrected chi connectivity index (χ3v) is 3.64. The van der Waals surface area contributed by atoms with Crippen molar-refractivity contribution in [1.29, 1.82) is 0 Å². The van der Waals surface area contributed by atoms with Gasteiger partial charge in [-0.3, -0.25) is 4.79 Å². The fourth-order valence-electron chi connectivity index (χ4n) is 2.13. The second kappa shape index (κ2) is 6.50. The van der Waals surface area contributed by atoms with Crippen molar-refractivity contribution in [3.63, 3.8) is 0 Å². The van der Waals surface area contributed by atoms with Gasteiger partial charge < -0.3 is 15.2 Å². The summed E-state index contributed by atoms with van der Waals surface area (Å²) in [5.41, 5.74) is 6.60. The Bertz CT molecular complexity index is 667. The summed E-state index contributed by atoms with van der Waals surface area (Å²) < 4.78 is 5.25. The summed E-state index contributed by atoms with van der Waals surface area (Å²) >= 11 is 5.95. The van der Waals surface area contributed by atoms with Gasteiger partial charge >= 0.3 is 0 Å². The minimum atomic E-state index is -0.196. The van der Waals surface area contributed by atoms with E-state index in [9.17, 15) is 4.79 Å². The highest BCUT2D eigenvalue weighted by atomic mass is 35.5. The smallest absolute Gasteiger partial charge is 0.275 e. The minimum absolute atomic E-state index is 0.149. The summed E-state index contributed by atoms with van der Waals surface area (Å²) in [6, 6.07) is 8.83. The lowest BCUT2D eigenvalue weighted by Crippen LogP contribution is -2.39. The second-order valence-electron chi connectivity index (χ2n) is 6.12. The first kappa shape index (κ1) is 16.5. The van der Waals surface area contributed by atoms with Crippen LogP contribution in [0.3, 0.4) is 0 Å². The fraction of sp³-hybridized carbons (Fsp3) is 0.375. The molecule has 0 saturated carbocycles. The molecule has 1 heterocycles. The van der Waals surface area contributed by atoms with Gasteiger partial charge in [0.2, 0.25) is 0 Å². The van der Waals surface area contributed by atoms with Crippen molar-refractivity contribution in [2.75, 3.05) is 20.1 Å². The maximum atomic E-state index is 12.4. The molecule has 0 fully saturated rings. The number of benzene rings is 1. The van der Waals surface area contributed by atoms with Gasteiger partial charge in [-0.2, -0.15) is 0 Å². The molecule has 118 valence electrons. The van der Waals surface area contributed by atoms with Crippen LogP contribution in [0.5, 0.6) is 0 Å². The Morgan fingerprint density at radius 1 is 1.41 bits per heavy atom. The number of nitrogens with zero attached hydrogens (tertiary/aromatic N) is 2. The second-order valence-corrected chi connectivity index (χ2v) is 6.55. The molecule has 1 aromatic carbocycles. The zero-order valence-electron chi connectivity index (χ0n) is 13.0. The lowest BCUT2D eigenvalue weighted by atomic mass is 9.93. The summed E-state index contributed by atoms with van der Waals surface area (Å²) in [6.45, 7) is 5.06. The molecular formula is C16H20ClN3O2. The van der Waals surface area contributed by atoms with Crippen molar-refractivity contribution >= 4 is 17.5 Å². The Morgan fingerprint density at radius 3 is 2.77 bits per heavy atom. The zero-order chi connectivity index (χ0) is 16.3. The average Bonchev–Trinajstić information content (AvgIpc) is 2.95. The van der Waals surface area contributed by atoms with Crippen LogP contribution in [-0.2, 0) is 0 Å². The largest absolute Gasteiger partial charge is 0.355 e. The molecule has 0 aliphatic rings. The van der Waals surface area contributed by atoms with E-state index in [1.807, 2.05) is 26.0 Å². The monoisotopic (exact) mass is 321 g/mol. The molecule has 2 N–H and O–H groups in total. The summed E-state index contributed by atoms with van der Waals surface area (Å²) in [5, 5.41) is 4.46. The predicted octanol–water partition coefficient (Wildman–Crippen LogP) is 3.05. The van der Waals surface area contributed by atoms with Crippen molar-refractivity contribution in [3.05, 3.63) is 41.0 Å². The molecule has 2 aromatic rings. The molecule has 0 aliphatic carbocycles. The molecule has 0 saturated heterocycles. The number of aromatic nitrogens is 1. The van der Waals surface area contributed by atoms with E-state index >= 15 is 0 Å². The normalized spacial score (nSPS) is 11.5. The van der Waals surface area contributed by atoms with Crippen LogP contribution in [0.25, 0.3) is 11.3 Å². The van der Waals surface area contributed by atoms with Crippen LogP contribution in [0.2, 0.25) is 5.02 Å². The van der Waals surface area contributed by atoms with Crippen molar-refractivity contribution < 1.29 is 9.32 Å². The van der Waals surface area contributed by atoms with Gasteiger partial charge in [0, 0.05) is 30.2 Å². The Kier molecular flexibility index (Phi) is 4.88. The number of carbonyl (C=O) groups is 1. The minimum Gasteiger partial charge on any atom is -0.355 e. The van der Waals surface area contributed by atoms with Gasteiger partial charge in [0.1, 0.15) is 0 Å². The SMILES string of the molecule is CN(CC(C)(C)CN)C(=O)c1cc(-c2cccc(Cl)c2)on1. The summed E-state index contributed by atoms with van der Waals surface area (Å²) in [4.78, 5) is 14.0. The van der Waals surface area contributed by atoms with Crippen LogP contribution in [-0.4, -0.2) is 36.1 Å². The van der Waals surface area contributed by atoms with Gasteiger partial charge in [-0.1, -0.05) is 42.7 Å². The third-order valence-electron chi connectivity index (χ3n) is 3.40. The van der Waals surface area contributed by atoms with E-state index in [-0.39, 0.29) is 17.0 Å². The number of amides is 1. The molecule has 1 amide bonds. The van der Waals surface area contributed by atoms with Crippen LogP contribution in [0, 0.1) is 5.41 Å². The highest BCUT2D eigenvalue weighted by molar-refractivity contribution is 6.30. The van der Waals surface area contributed by atoms with Gasteiger partial charge in [0.05, 0.1) is 0 Å². The van der Waals surface area contributed by atoms with E-state index in [4.69, 9.17) is 21.9 Å². The highest BCUT2D eigenvalue weighted by Gasteiger charge is 2.24. The molecule has 1 aromatic heterocycles. The Hall–Kier alpha value is -1.85. The average molecular weight is 322 g/mol. The molecule has 0 radical (unpaired) electrons. The molecule has 0 spiro atoms. The number of hydrogen-bond acceptors (Lipinski definition) is 4. The van der Waals surface area contributed by atoms with Crippen LogP contribution >= 0.6 is 11.6 Å². The van der Waals surface area contributed by atoms with Crippen molar-refractivity contribution in [2.45, 2.75) is 13.8 Å². The van der Waals surface area contributed by atoms with E-state index in [0.717, 1.165) is 5.56 Å². The van der Waals surface area contributed by atoms with Gasteiger partial charge in [-0.15, -0.1) is 0 Å². The Morgan fingerprint density at radius 2 is 2.14 bits per heavy atom. The topological polar surface area (TPSA) is 72.4 Å². The molecule has 22 heavy (non-hydrogen) atoms. The number of carbonyl (C=O) groups excluding carboxylic acids is 1. The molecule has 5 nitrogen and oxygen atoms in total. The molecular weight excluding hydrogens is 302 g/mol. The summed E-state index contributed by atoms with van der Waals surface area (Å²) in [5.74, 6) is 0.316. The number of nitrogens with two attached hydrogens (primary N) is 1. The van der Waals surface area contributed by atoms with Crippen LogP contribution in [0.15, 0.2) is 34.9 Å². The van der Waals surface area contributed by atoms with Gasteiger partial charge in [-0.25, -0.2) is 0 Å². The number of halogens is 1. The Labute approximate surface area is 135 Å². The lowest BCUT2D eigenvalue weighted by molar-refractivity contribution is 0.0730. The van der Waals surface area contributed by atoms with E-state index in [1.165, 1.54) is 0 Å². The lowest BCUT2D eigenvalue weighted by Gasteiger charge is -2.28. The van der Waals surface area contributed by atoms with Crippen LogP contribution in [0.4, 0.5) is 0 Å². The van der Waals surface area contributed by atoms with Gasteiger partial charge in [0.15, 0.2) is 11.5 Å². The molecule has 6 heteroatoms. The van der Waals surface area contributed by atoms with E-state index in [0.29, 0.717) is 23.9 Å². The molecule has 0 atom stereocenters. The van der Waals surface area contributed by atoms with Crippen molar-refractivity contribution in [3.8, 4) is 11.3 Å². The first-order valence-electron chi connectivity index (χ1n) is 7.00. The zero-order valence-corrected chi connectivity index (χ0v) is 13.7. The maximum absolute atomic E-state index is 12.4. The third kappa shape index (κ3) is 3.87. The molecule has 0 aliphatic heterocycles. The van der Waals surface area contributed by atoms with Gasteiger partial charge in [-0.05, 0) is 24.1 Å². The van der Waals surface area contributed by atoms with Gasteiger partial charge in [0.25, 0.3) is 5.91 Å². The highest BCUT2D eigenvalue weighted by Crippen LogP contribution is 2.24. The van der Waals surface area contributed by atoms with E-state index < -0.39 is 0 Å². The van der Waals surface area contributed by atoms with Crippen molar-refractivity contribution in [1.82, 2.24) is 10.1 Å². The van der Waals surface area contributed by atoms with E-state index in [2.05, 4.69) is 5.16 Å². The van der Waals surface area contributed by atoms with E-state index in [1.54, 1.807) is 30.1 Å². The molecule has 0 bridgehead atoms. The quantitative estimate of drug-likeness (QED) is 0.918. The van der Waals surface area contributed by atoms with Crippen LogP contribution < -0.4 is 5.73 Å². The molecule has 2 rings (SSSR count). The Balaban J connectivity index is 2.15. The van der Waals surface area contributed by atoms with Crippen LogP contribution in [0.1, 0.15) is 24.3 Å². The number of rotatable bonds is 5. The predicted molar refractivity (Wildman–Crippen MR) is 86.7 cm³/mol. The summed E-state index contributed by atoms with van der Waals surface area (Å²) in [6.07, 6.45) is 0. The fourth-order valence-corrected chi connectivity index (χ4v) is 2.32. The first-order chi connectivity index (χ1) is 10.3. The molecule has 0 unspecified atom stereocenters. The van der Waals surface area contributed by atoms with Crippen molar-refractivity contribution in [2.24, 2.45) is 11.1 Å². The maximum Gasteiger partial charge on any atom is 0.275 e. The summed E-state index contributed by atoms with van der Waals surface area (Å²) in [7, 11) is 1.73. The standard InChI is InChI=1S/C16H20ClN3O2/c1-16(2,9-18)10-20(3)15(21)13-8-14(22-19-13)11-5-4-6-12(17)7-11/h4-8H,9-10,18H2,1-3H3.